The average Bonchev–Trinajstić information content (AvgIpc) is 2.99. The van der Waals surface area contributed by atoms with E-state index in [0.29, 0.717) is 25.1 Å². The van der Waals surface area contributed by atoms with Gasteiger partial charge in [0, 0.05) is 36.6 Å². The van der Waals surface area contributed by atoms with E-state index in [0.717, 1.165) is 6.07 Å². The quantitative estimate of drug-likeness (QED) is 0.785. The van der Waals surface area contributed by atoms with Crippen LogP contribution in [0.15, 0.2) is 30.6 Å². The minimum absolute atomic E-state index is 0.00134. The minimum atomic E-state index is -0.598. The normalized spacial score (nSPS) is 25.1. The highest BCUT2D eigenvalue weighted by Crippen LogP contribution is 2.60. The highest BCUT2D eigenvalue weighted by molar-refractivity contribution is 6.30. The van der Waals surface area contributed by atoms with E-state index in [4.69, 9.17) is 16.3 Å². The van der Waals surface area contributed by atoms with Crippen LogP contribution in [0.1, 0.15) is 29.9 Å². The molecule has 0 atom stereocenters. The summed E-state index contributed by atoms with van der Waals surface area (Å²) < 4.78 is 20.3. The summed E-state index contributed by atoms with van der Waals surface area (Å²) in [5, 5.41) is 5.95. The van der Waals surface area contributed by atoms with Gasteiger partial charge in [-0.05, 0) is 31.4 Å². The summed E-state index contributed by atoms with van der Waals surface area (Å²) in [4.78, 5) is 28.4. The number of aromatic nitrogens is 2. The predicted octanol–water partition coefficient (Wildman–Crippen LogP) is 1.81. The van der Waals surface area contributed by atoms with Crippen LogP contribution < -0.4 is 15.4 Å². The van der Waals surface area contributed by atoms with E-state index in [-0.39, 0.29) is 40.3 Å². The molecule has 1 aromatic carbocycles. The van der Waals surface area contributed by atoms with Crippen molar-refractivity contribution >= 4 is 23.4 Å². The number of benzene rings is 1. The third-order valence-corrected chi connectivity index (χ3v) is 5.41. The molecule has 0 unspecified atom stereocenters. The Hall–Kier alpha value is -2.61. The molecule has 5 rings (SSSR count). The molecule has 3 saturated carbocycles. The number of nitrogens with one attached hydrogen (secondary N) is 2. The van der Waals surface area contributed by atoms with Crippen LogP contribution in [0.25, 0.3) is 0 Å². The molecule has 0 radical (unpaired) electrons. The zero-order valence-electron chi connectivity index (χ0n) is 14.6. The number of hydrogen-bond donors (Lipinski definition) is 2. The van der Waals surface area contributed by atoms with Crippen LogP contribution in [0.4, 0.5) is 4.39 Å². The van der Waals surface area contributed by atoms with Gasteiger partial charge in [0.2, 0.25) is 0 Å². The van der Waals surface area contributed by atoms with Gasteiger partial charge in [-0.2, -0.15) is 0 Å². The Morgan fingerprint density at radius 1 is 1.30 bits per heavy atom. The van der Waals surface area contributed by atoms with Crippen LogP contribution in [0, 0.1) is 5.82 Å². The third-order valence-electron chi connectivity index (χ3n) is 5.10. The van der Waals surface area contributed by atoms with Gasteiger partial charge in [-0.25, -0.2) is 9.37 Å². The molecule has 1 heterocycles. The lowest BCUT2D eigenvalue weighted by molar-refractivity contribution is -0.141. The van der Waals surface area contributed by atoms with Gasteiger partial charge in [0.05, 0.1) is 5.02 Å². The molecule has 3 aliphatic rings. The number of nitrogens with zero attached hydrogens (tertiary/aromatic N) is 2. The van der Waals surface area contributed by atoms with Crippen molar-refractivity contribution in [2.45, 2.75) is 30.3 Å². The van der Waals surface area contributed by atoms with Gasteiger partial charge in [-0.15, -0.1) is 0 Å². The first-order valence-electron chi connectivity index (χ1n) is 8.49. The second-order valence-electron chi connectivity index (χ2n) is 7.32. The molecule has 0 saturated heterocycles. The highest BCUT2D eigenvalue weighted by Gasteiger charge is 2.69. The number of rotatable bonds is 6. The van der Waals surface area contributed by atoms with Crippen LogP contribution in [-0.2, 0) is 11.8 Å². The summed E-state index contributed by atoms with van der Waals surface area (Å²) in [7, 11) is 1.76. The Morgan fingerprint density at radius 3 is 2.63 bits per heavy atom. The van der Waals surface area contributed by atoms with Crippen molar-refractivity contribution in [3.8, 4) is 5.75 Å². The number of ether oxygens (including phenoxy) is 1. The van der Waals surface area contributed by atoms with E-state index in [1.54, 1.807) is 24.0 Å². The Labute approximate surface area is 159 Å². The van der Waals surface area contributed by atoms with Gasteiger partial charge in [-0.1, -0.05) is 11.6 Å². The Bertz CT molecular complexity index is 909. The Morgan fingerprint density at radius 2 is 2.00 bits per heavy atom. The van der Waals surface area contributed by atoms with E-state index < -0.39 is 5.82 Å². The summed E-state index contributed by atoms with van der Waals surface area (Å²) in [5.74, 6) is -0.492. The Kier molecular flexibility index (Phi) is 4.10. The van der Waals surface area contributed by atoms with Gasteiger partial charge in [0.15, 0.2) is 12.4 Å². The number of amides is 2. The van der Waals surface area contributed by atoms with Crippen LogP contribution >= 0.6 is 11.6 Å². The molecule has 2 N–H and O–H groups in total. The van der Waals surface area contributed by atoms with E-state index in [9.17, 15) is 14.0 Å². The molecule has 7 nitrogen and oxygen atoms in total. The zero-order valence-corrected chi connectivity index (χ0v) is 15.3. The first-order valence-corrected chi connectivity index (χ1v) is 8.86. The topological polar surface area (TPSA) is 85.3 Å². The molecule has 9 heteroatoms. The van der Waals surface area contributed by atoms with Crippen molar-refractivity contribution in [3.63, 3.8) is 0 Å². The lowest BCUT2D eigenvalue weighted by Gasteiger charge is -2.70. The minimum Gasteiger partial charge on any atom is -0.484 e. The third kappa shape index (κ3) is 3.25. The zero-order chi connectivity index (χ0) is 19.2. The number of carbonyl (C=O) groups is 2. The van der Waals surface area contributed by atoms with E-state index in [1.165, 1.54) is 12.1 Å². The second kappa shape index (κ2) is 6.23. The van der Waals surface area contributed by atoms with Crippen molar-refractivity contribution in [3.05, 3.63) is 47.3 Å². The summed E-state index contributed by atoms with van der Waals surface area (Å²) >= 11 is 5.61. The fourth-order valence-electron chi connectivity index (χ4n) is 3.98. The molecule has 3 aliphatic carbocycles. The molecular weight excluding hydrogens is 375 g/mol. The predicted molar refractivity (Wildman–Crippen MR) is 95.0 cm³/mol. The van der Waals surface area contributed by atoms with E-state index in [1.807, 2.05) is 0 Å². The fourth-order valence-corrected chi connectivity index (χ4v) is 4.10. The lowest BCUT2D eigenvalue weighted by Crippen LogP contribution is -2.84. The smallest absolute Gasteiger partial charge is 0.287 e. The first-order chi connectivity index (χ1) is 12.8. The van der Waals surface area contributed by atoms with Gasteiger partial charge in [-0.3, -0.25) is 9.59 Å². The van der Waals surface area contributed by atoms with Gasteiger partial charge in [0.1, 0.15) is 11.6 Å². The van der Waals surface area contributed by atoms with Crippen LogP contribution in [-0.4, -0.2) is 39.1 Å². The fraction of sp³-hybridized carbons (Fsp3) is 0.389. The van der Waals surface area contributed by atoms with Crippen molar-refractivity contribution in [1.29, 1.82) is 0 Å². The molecule has 27 heavy (non-hydrogen) atoms. The average molecular weight is 393 g/mol. The molecular formula is C18H18ClFN4O3. The molecule has 142 valence electrons. The molecule has 0 spiro atoms. The monoisotopic (exact) mass is 392 g/mol. The first kappa shape index (κ1) is 17.8. The number of carbonyl (C=O) groups excluding carboxylic acids is 2. The van der Waals surface area contributed by atoms with E-state index in [2.05, 4.69) is 15.6 Å². The number of hydrogen-bond acceptors (Lipinski definition) is 4. The standard InChI is InChI=1S/C18H18ClFN4O3/c1-24-5-4-21-15(24)16(26)23-18-8-17(9-18,10-18)22-14(25)7-27-11-2-3-12(19)13(20)6-11/h2-6H,7-10H2,1H3,(H,22,25)(H,23,26). The molecule has 2 bridgehead atoms. The van der Waals surface area contributed by atoms with Crippen molar-refractivity contribution in [2.75, 3.05) is 6.61 Å². The maximum atomic E-state index is 13.4. The molecule has 3 fully saturated rings. The highest BCUT2D eigenvalue weighted by atomic mass is 35.5. The second-order valence-corrected chi connectivity index (χ2v) is 7.73. The number of halogens is 2. The lowest BCUT2D eigenvalue weighted by atomic mass is 9.44. The largest absolute Gasteiger partial charge is 0.484 e. The van der Waals surface area contributed by atoms with Crippen LogP contribution in [0.5, 0.6) is 5.75 Å². The maximum Gasteiger partial charge on any atom is 0.287 e. The summed E-state index contributed by atoms with van der Waals surface area (Å²) in [6.45, 7) is -0.213. The van der Waals surface area contributed by atoms with Crippen molar-refractivity contribution < 1.29 is 18.7 Å². The molecule has 2 aromatic rings. The molecule has 2 amide bonds. The van der Waals surface area contributed by atoms with Crippen LogP contribution in [0.2, 0.25) is 5.02 Å². The summed E-state index contributed by atoms with van der Waals surface area (Å²) in [6.07, 6.45) is 5.32. The summed E-state index contributed by atoms with van der Waals surface area (Å²) in [5.41, 5.74) is -0.558. The molecule has 1 aromatic heterocycles. The van der Waals surface area contributed by atoms with Gasteiger partial charge < -0.3 is 19.9 Å². The van der Waals surface area contributed by atoms with Crippen molar-refractivity contribution in [1.82, 2.24) is 20.2 Å². The van der Waals surface area contributed by atoms with Crippen molar-refractivity contribution in [2.24, 2.45) is 7.05 Å². The van der Waals surface area contributed by atoms with Crippen LogP contribution in [0.3, 0.4) is 0 Å². The van der Waals surface area contributed by atoms with E-state index >= 15 is 0 Å². The number of aryl methyl sites for hydroxylation is 1. The SMILES string of the molecule is Cn1ccnc1C(=O)NC12CC(NC(=O)COc3ccc(Cl)c(F)c3)(C1)C2. The molecule has 0 aliphatic heterocycles. The number of imidazole rings is 1. The summed E-state index contributed by atoms with van der Waals surface area (Å²) in [6, 6.07) is 4.01. The van der Waals surface area contributed by atoms with Gasteiger partial charge in [0.25, 0.3) is 11.8 Å². The maximum absolute atomic E-state index is 13.4. The van der Waals surface area contributed by atoms with Gasteiger partial charge >= 0.3 is 0 Å². The Balaban J connectivity index is 1.24.